The summed E-state index contributed by atoms with van der Waals surface area (Å²) in [5, 5.41) is 11.6. The second-order valence-corrected chi connectivity index (χ2v) is 4.56. The zero-order valence-electron chi connectivity index (χ0n) is 10.7. The number of nitro groups is 1. The molecule has 1 N–H and O–H groups in total. The molecule has 0 saturated carbocycles. The summed E-state index contributed by atoms with van der Waals surface area (Å²) < 4.78 is 4.73. The normalized spacial score (nSPS) is 14.0. The van der Waals surface area contributed by atoms with Crippen LogP contribution in [0, 0.1) is 10.1 Å². The fourth-order valence-electron chi connectivity index (χ4n) is 2.27. The summed E-state index contributed by atoms with van der Waals surface area (Å²) in [6, 6.07) is 7.35. The van der Waals surface area contributed by atoms with E-state index < -0.39 is 22.9 Å². The predicted molar refractivity (Wildman–Crippen MR) is 69.5 cm³/mol. The van der Waals surface area contributed by atoms with Gasteiger partial charge in [0, 0.05) is 27.6 Å². The Hall–Kier alpha value is -2.37. The Balaban J connectivity index is 2.61. The van der Waals surface area contributed by atoms with Crippen molar-refractivity contribution in [2.45, 2.75) is 12.3 Å². The smallest absolute Gasteiger partial charge is 0.322 e. The van der Waals surface area contributed by atoms with Gasteiger partial charge in [0.15, 0.2) is 5.41 Å². The van der Waals surface area contributed by atoms with E-state index in [9.17, 15) is 14.9 Å². The summed E-state index contributed by atoms with van der Waals surface area (Å²) in [6.07, 6.45) is 1.63. The second kappa shape index (κ2) is 4.72. The third-order valence-corrected chi connectivity index (χ3v) is 3.26. The third-order valence-electron chi connectivity index (χ3n) is 3.26. The molecule has 0 aliphatic rings. The minimum atomic E-state index is -1.31. The van der Waals surface area contributed by atoms with Crippen LogP contribution in [0.4, 0.5) is 0 Å². The van der Waals surface area contributed by atoms with Gasteiger partial charge in [0.25, 0.3) is 0 Å². The van der Waals surface area contributed by atoms with Crippen LogP contribution in [0.5, 0.6) is 0 Å². The maximum atomic E-state index is 12.0. The topological polar surface area (TPSA) is 85.2 Å². The predicted octanol–water partition coefficient (Wildman–Crippen LogP) is 1.88. The Morgan fingerprint density at radius 3 is 2.79 bits per heavy atom. The Bertz CT molecular complexity index is 634. The van der Waals surface area contributed by atoms with Crippen LogP contribution >= 0.6 is 0 Å². The van der Waals surface area contributed by atoms with Gasteiger partial charge in [-0.1, -0.05) is 18.2 Å². The molecule has 100 valence electrons. The number of nitrogens with zero attached hydrogens (tertiary/aromatic N) is 1. The average molecular weight is 262 g/mol. The van der Waals surface area contributed by atoms with Gasteiger partial charge in [-0.15, -0.1) is 0 Å². The van der Waals surface area contributed by atoms with Crippen LogP contribution in [0.3, 0.4) is 0 Å². The first kappa shape index (κ1) is 13.1. The summed E-state index contributed by atoms with van der Waals surface area (Å²) >= 11 is 0. The van der Waals surface area contributed by atoms with Crippen LogP contribution in [-0.4, -0.2) is 29.5 Å². The van der Waals surface area contributed by atoms with Crippen molar-refractivity contribution in [1.29, 1.82) is 0 Å². The summed E-state index contributed by atoms with van der Waals surface area (Å²) in [4.78, 5) is 25.3. The number of fused-ring (bicyclic) bond motifs is 1. The van der Waals surface area contributed by atoms with Crippen LogP contribution in [0.25, 0.3) is 10.9 Å². The largest absolute Gasteiger partial charge is 0.468 e. The first-order valence-corrected chi connectivity index (χ1v) is 5.76. The lowest BCUT2D eigenvalue weighted by Crippen LogP contribution is -2.40. The van der Waals surface area contributed by atoms with Gasteiger partial charge in [0.2, 0.25) is 6.54 Å². The molecule has 0 amide bonds. The van der Waals surface area contributed by atoms with E-state index in [0.29, 0.717) is 5.56 Å². The number of ether oxygens (including phenoxy) is 1. The molecular formula is C13H14N2O4. The van der Waals surface area contributed by atoms with Crippen LogP contribution in [0.1, 0.15) is 12.5 Å². The number of esters is 1. The molecule has 1 aromatic heterocycles. The molecule has 0 spiro atoms. The highest BCUT2D eigenvalue weighted by Crippen LogP contribution is 2.32. The Morgan fingerprint density at radius 1 is 1.47 bits per heavy atom. The molecule has 2 aromatic rings. The van der Waals surface area contributed by atoms with Crippen LogP contribution < -0.4 is 0 Å². The molecule has 0 aliphatic carbocycles. The second-order valence-electron chi connectivity index (χ2n) is 4.56. The highest BCUT2D eigenvalue weighted by Gasteiger charge is 2.43. The van der Waals surface area contributed by atoms with Gasteiger partial charge in [-0.3, -0.25) is 14.9 Å². The fourth-order valence-corrected chi connectivity index (χ4v) is 2.27. The lowest BCUT2D eigenvalue weighted by molar-refractivity contribution is -0.488. The molecule has 0 bridgehead atoms. The van der Waals surface area contributed by atoms with Crippen molar-refractivity contribution < 1.29 is 14.5 Å². The number of H-pyrrole nitrogens is 1. The van der Waals surface area contributed by atoms with Gasteiger partial charge in [-0.25, -0.2) is 0 Å². The lowest BCUT2D eigenvalue weighted by atomic mass is 9.82. The van der Waals surface area contributed by atoms with Gasteiger partial charge in [-0.05, 0) is 13.0 Å². The van der Waals surface area contributed by atoms with Crippen LogP contribution in [-0.2, 0) is 14.9 Å². The van der Waals surface area contributed by atoms with E-state index in [1.54, 1.807) is 6.20 Å². The van der Waals surface area contributed by atoms with Crippen molar-refractivity contribution in [3.05, 3.63) is 46.1 Å². The van der Waals surface area contributed by atoms with E-state index >= 15 is 0 Å². The van der Waals surface area contributed by atoms with E-state index in [-0.39, 0.29) is 0 Å². The third kappa shape index (κ3) is 2.16. The summed E-state index contributed by atoms with van der Waals surface area (Å²) in [5.41, 5.74) is 0.0975. The number of carbonyl (C=O) groups excluding carboxylic acids is 1. The van der Waals surface area contributed by atoms with Gasteiger partial charge in [0.1, 0.15) is 0 Å². The number of rotatable bonds is 4. The number of methoxy groups -OCH3 is 1. The molecule has 0 fully saturated rings. The standard InChI is InChI=1S/C13H14N2O4/c1-13(8-15(17)18,12(16)19-2)10-7-14-11-6-4-3-5-9(10)11/h3-7,14H,8H2,1-2H3/t13-/m1/s1. The van der Waals surface area contributed by atoms with E-state index in [0.717, 1.165) is 10.9 Å². The number of nitrogens with one attached hydrogen (secondary N) is 1. The summed E-state index contributed by atoms with van der Waals surface area (Å²) in [7, 11) is 1.23. The highest BCUT2D eigenvalue weighted by atomic mass is 16.6. The maximum Gasteiger partial charge on any atom is 0.322 e. The zero-order valence-corrected chi connectivity index (χ0v) is 10.7. The quantitative estimate of drug-likeness (QED) is 0.518. The number of aromatic amines is 1. The number of hydrogen-bond acceptors (Lipinski definition) is 4. The first-order valence-electron chi connectivity index (χ1n) is 5.76. The van der Waals surface area contributed by atoms with E-state index in [2.05, 4.69) is 4.98 Å². The zero-order chi connectivity index (χ0) is 14.0. The molecule has 6 heteroatoms. The Kier molecular flexibility index (Phi) is 3.25. The van der Waals surface area contributed by atoms with Gasteiger partial charge in [-0.2, -0.15) is 0 Å². The fraction of sp³-hybridized carbons (Fsp3) is 0.308. The van der Waals surface area contributed by atoms with Crippen molar-refractivity contribution >= 4 is 16.9 Å². The number of carbonyl (C=O) groups is 1. The number of aromatic nitrogens is 1. The SMILES string of the molecule is COC(=O)[C@](C)(C[N+](=O)[O-])c1c[nH]c2ccccc12. The molecular weight excluding hydrogens is 248 g/mol. The maximum absolute atomic E-state index is 12.0. The van der Waals surface area contributed by atoms with Gasteiger partial charge in [0.05, 0.1) is 7.11 Å². The molecule has 0 saturated heterocycles. The molecule has 6 nitrogen and oxygen atoms in total. The molecule has 2 rings (SSSR count). The molecule has 0 unspecified atom stereocenters. The minimum Gasteiger partial charge on any atom is -0.468 e. The average Bonchev–Trinajstić information content (AvgIpc) is 2.81. The minimum absolute atomic E-state index is 0.501. The summed E-state index contributed by atoms with van der Waals surface area (Å²) in [6.45, 7) is 1.01. The molecule has 19 heavy (non-hydrogen) atoms. The molecule has 0 radical (unpaired) electrons. The molecule has 0 aliphatic heterocycles. The van der Waals surface area contributed by atoms with Crippen molar-refractivity contribution in [1.82, 2.24) is 4.98 Å². The molecule has 1 heterocycles. The van der Waals surface area contributed by atoms with E-state index in [1.165, 1.54) is 14.0 Å². The van der Waals surface area contributed by atoms with Crippen molar-refractivity contribution in [3.63, 3.8) is 0 Å². The highest BCUT2D eigenvalue weighted by molar-refractivity contribution is 5.92. The van der Waals surface area contributed by atoms with Gasteiger partial charge >= 0.3 is 5.97 Å². The lowest BCUT2D eigenvalue weighted by Gasteiger charge is -2.21. The Morgan fingerprint density at radius 2 is 2.16 bits per heavy atom. The van der Waals surface area contributed by atoms with Crippen molar-refractivity contribution in [2.24, 2.45) is 0 Å². The number of para-hydroxylation sites is 1. The summed E-state index contributed by atoms with van der Waals surface area (Å²) in [5.74, 6) is -0.617. The monoisotopic (exact) mass is 262 g/mol. The first-order chi connectivity index (χ1) is 8.99. The van der Waals surface area contributed by atoms with E-state index in [1.807, 2.05) is 24.3 Å². The van der Waals surface area contributed by atoms with Crippen LogP contribution in [0.15, 0.2) is 30.5 Å². The van der Waals surface area contributed by atoms with Crippen molar-refractivity contribution in [2.75, 3.05) is 13.7 Å². The Labute approximate surface area is 109 Å². The van der Waals surface area contributed by atoms with E-state index in [4.69, 9.17) is 4.74 Å². The van der Waals surface area contributed by atoms with Gasteiger partial charge < -0.3 is 9.72 Å². The number of hydrogen-bond donors (Lipinski definition) is 1. The molecule has 1 atom stereocenters. The van der Waals surface area contributed by atoms with Crippen LogP contribution in [0.2, 0.25) is 0 Å². The molecule has 1 aromatic carbocycles. The van der Waals surface area contributed by atoms with Crippen molar-refractivity contribution in [3.8, 4) is 0 Å². The number of benzene rings is 1.